The second-order valence-electron chi connectivity index (χ2n) is 9.99. The Bertz CT molecular complexity index is 1060. The average molecular weight is 498 g/mol. The average Bonchev–Trinajstić information content (AvgIpc) is 2.83. The van der Waals surface area contributed by atoms with Crippen LogP contribution in [-0.2, 0) is 4.79 Å². The molecule has 0 saturated carbocycles. The summed E-state index contributed by atoms with van der Waals surface area (Å²) in [6.07, 6.45) is 0.675. The van der Waals surface area contributed by atoms with Crippen LogP contribution in [0, 0.1) is 5.82 Å². The Kier molecular flexibility index (Phi) is 8.90. The molecule has 1 saturated heterocycles. The van der Waals surface area contributed by atoms with E-state index in [0.29, 0.717) is 31.7 Å². The zero-order chi connectivity index (χ0) is 26.3. The zero-order valence-electron chi connectivity index (χ0n) is 21.5. The number of halogens is 1. The predicted octanol–water partition coefficient (Wildman–Crippen LogP) is 3.95. The third-order valence-electron chi connectivity index (χ3n) is 5.75. The van der Waals surface area contributed by atoms with Crippen molar-refractivity contribution in [2.24, 2.45) is 0 Å². The highest BCUT2D eigenvalue weighted by Gasteiger charge is 2.24. The number of amides is 4. The van der Waals surface area contributed by atoms with Crippen molar-refractivity contribution in [1.82, 2.24) is 15.1 Å². The van der Waals surface area contributed by atoms with Crippen LogP contribution in [0.2, 0.25) is 0 Å². The van der Waals surface area contributed by atoms with E-state index in [9.17, 15) is 18.8 Å². The van der Waals surface area contributed by atoms with Crippen LogP contribution in [0.5, 0.6) is 0 Å². The summed E-state index contributed by atoms with van der Waals surface area (Å²) < 4.78 is 13.5. The molecule has 0 bridgehead atoms. The van der Waals surface area contributed by atoms with Crippen LogP contribution in [0.4, 0.5) is 20.6 Å². The first kappa shape index (κ1) is 27.0. The molecule has 1 heterocycles. The molecule has 0 aromatic heterocycles. The summed E-state index contributed by atoms with van der Waals surface area (Å²) in [5.41, 5.74) is 1.59. The van der Waals surface area contributed by atoms with Crippen molar-refractivity contribution in [3.63, 3.8) is 0 Å². The third-order valence-corrected chi connectivity index (χ3v) is 5.75. The maximum Gasteiger partial charge on any atom is 0.317 e. The van der Waals surface area contributed by atoms with E-state index < -0.39 is 5.82 Å². The summed E-state index contributed by atoms with van der Waals surface area (Å²) in [6.45, 7) is 10.8. The number of hydrogen-bond acceptors (Lipinski definition) is 4. The first-order valence-corrected chi connectivity index (χ1v) is 12.3. The summed E-state index contributed by atoms with van der Waals surface area (Å²) in [7, 11) is 0. The lowest BCUT2D eigenvalue weighted by Gasteiger charge is -2.37. The molecule has 8 nitrogen and oxygen atoms in total. The Hall–Kier alpha value is -3.62. The van der Waals surface area contributed by atoms with Crippen molar-refractivity contribution in [3.05, 3.63) is 59.9 Å². The highest BCUT2D eigenvalue weighted by molar-refractivity contribution is 5.99. The summed E-state index contributed by atoms with van der Waals surface area (Å²) >= 11 is 0. The van der Waals surface area contributed by atoms with E-state index in [0.717, 1.165) is 18.8 Å². The fourth-order valence-electron chi connectivity index (χ4n) is 4.02. The van der Waals surface area contributed by atoms with Crippen molar-refractivity contribution < 1.29 is 18.8 Å². The highest BCUT2D eigenvalue weighted by atomic mass is 19.1. The largest absolute Gasteiger partial charge is 0.368 e. The quantitative estimate of drug-likeness (QED) is 0.607. The SMILES string of the molecule is CCCN(CC(=O)Nc1ccc(N2CCN(C(=O)NC(C)(C)C)CC2)cc1)C(=O)c1cccc(F)c1. The van der Waals surface area contributed by atoms with Gasteiger partial charge in [0.05, 0.1) is 0 Å². The van der Waals surface area contributed by atoms with Gasteiger partial charge in [-0.2, -0.15) is 0 Å². The van der Waals surface area contributed by atoms with Gasteiger partial charge in [-0.3, -0.25) is 9.59 Å². The Morgan fingerprint density at radius 2 is 1.67 bits per heavy atom. The maximum atomic E-state index is 13.5. The number of nitrogens with zero attached hydrogens (tertiary/aromatic N) is 3. The van der Waals surface area contributed by atoms with Crippen molar-refractivity contribution >= 4 is 29.2 Å². The fraction of sp³-hybridized carbons (Fsp3) is 0.444. The van der Waals surface area contributed by atoms with Gasteiger partial charge in [-0.25, -0.2) is 9.18 Å². The number of piperazine rings is 1. The molecule has 1 fully saturated rings. The minimum Gasteiger partial charge on any atom is -0.368 e. The van der Waals surface area contributed by atoms with Gasteiger partial charge in [-0.15, -0.1) is 0 Å². The van der Waals surface area contributed by atoms with Crippen LogP contribution in [0.3, 0.4) is 0 Å². The molecule has 2 aromatic carbocycles. The van der Waals surface area contributed by atoms with Gasteiger partial charge < -0.3 is 25.3 Å². The molecule has 1 aliphatic heterocycles. The smallest absolute Gasteiger partial charge is 0.317 e. The zero-order valence-corrected chi connectivity index (χ0v) is 21.5. The Labute approximate surface area is 212 Å². The lowest BCUT2D eigenvalue weighted by Crippen LogP contribution is -2.55. The topological polar surface area (TPSA) is 85.0 Å². The van der Waals surface area contributed by atoms with Gasteiger partial charge in [0.1, 0.15) is 12.4 Å². The number of benzene rings is 2. The predicted molar refractivity (Wildman–Crippen MR) is 140 cm³/mol. The van der Waals surface area contributed by atoms with Gasteiger partial charge in [0, 0.05) is 55.2 Å². The molecule has 194 valence electrons. The summed E-state index contributed by atoms with van der Waals surface area (Å²) in [5, 5.41) is 5.83. The summed E-state index contributed by atoms with van der Waals surface area (Å²) in [5.74, 6) is -1.19. The Morgan fingerprint density at radius 3 is 2.25 bits per heavy atom. The third kappa shape index (κ3) is 7.69. The van der Waals surface area contributed by atoms with Gasteiger partial charge in [-0.1, -0.05) is 13.0 Å². The monoisotopic (exact) mass is 497 g/mol. The summed E-state index contributed by atoms with van der Waals surface area (Å²) in [6, 6.07) is 12.9. The van der Waals surface area contributed by atoms with Crippen LogP contribution >= 0.6 is 0 Å². The molecule has 0 spiro atoms. The number of anilines is 2. The van der Waals surface area contributed by atoms with Gasteiger partial charge in [0.2, 0.25) is 5.91 Å². The molecule has 4 amide bonds. The van der Waals surface area contributed by atoms with Crippen LogP contribution in [-0.4, -0.2) is 72.5 Å². The molecule has 0 unspecified atom stereocenters. The van der Waals surface area contributed by atoms with Crippen molar-refractivity contribution in [2.45, 2.75) is 39.7 Å². The van der Waals surface area contributed by atoms with Crippen molar-refractivity contribution in [1.29, 1.82) is 0 Å². The standard InChI is InChI=1S/C27H36FN5O3/c1-5-13-33(25(35)20-7-6-8-21(28)18-20)19-24(34)29-22-9-11-23(12-10-22)31-14-16-32(17-15-31)26(36)30-27(2,3)4/h6-12,18H,5,13-17,19H2,1-4H3,(H,29,34)(H,30,36). The second-order valence-corrected chi connectivity index (χ2v) is 9.99. The van der Waals surface area contributed by atoms with Crippen LogP contribution in [0.15, 0.2) is 48.5 Å². The number of carbonyl (C=O) groups is 3. The van der Waals surface area contributed by atoms with E-state index in [-0.39, 0.29) is 35.5 Å². The molecule has 3 rings (SSSR count). The summed E-state index contributed by atoms with van der Waals surface area (Å²) in [4.78, 5) is 43.2. The van der Waals surface area contributed by atoms with Gasteiger partial charge in [0.15, 0.2) is 0 Å². The van der Waals surface area contributed by atoms with Gasteiger partial charge in [-0.05, 0) is 69.7 Å². The molecule has 2 N–H and O–H groups in total. The first-order chi connectivity index (χ1) is 17.1. The highest BCUT2D eigenvalue weighted by Crippen LogP contribution is 2.20. The van der Waals surface area contributed by atoms with E-state index in [1.54, 1.807) is 6.07 Å². The lowest BCUT2D eigenvalue weighted by atomic mass is 10.1. The van der Waals surface area contributed by atoms with Crippen LogP contribution in [0.1, 0.15) is 44.5 Å². The van der Waals surface area contributed by atoms with E-state index >= 15 is 0 Å². The van der Waals surface area contributed by atoms with E-state index in [4.69, 9.17) is 0 Å². The van der Waals surface area contributed by atoms with Crippen LogP contribution < -0.4 is 15.5 Å². The normalized spacial score (nSPS) is 13.8. The second kappa shape index (κ2) is 11.9. The minimum absolute atomic E-state index is 0.0480. The number of carbonyl (C=O) groups excluding carboxylic acids is 3. The maximum absolute atomic E-state index is 13.5. The Morgan fingerprint density at radius 1 is 1.00 bits per heavy atom. The van der Waals surface area contributed by atoms with Gasteiger partial charge >= 0.3 is 6.03 Å². The Balaban J connectivity index is 1.53. The number of urea groups is 1. The molecule has 0 atom stereocenters. The van der Waals surface area contributed by atoms with Crippen molar-refractivity contribution in [3.8, 4) is 0 Å². The van der Waals surface area contributed by atoms with Crippen molar-refractivity contribution in [2.75, 3.05) is 49.5 Å². The molecule has 0 radical (unpaired) electrons. The van der Waals surface area contributed by atoms with E-state index in [2.05, 4.69) is 15.5 Å². The molecule has 1 aliphatic rings. The number of hydrogen-bond donors (Lipinski definition) is 2. The fourth-order valence-corrected chi connectivity index (χ4v) is 4.02. The van der Waals surface area contributed by atoms with Gasteiger partial charge in [0.25, 0.3) is 5.91 Å². The molecule has 36 heavy (non-hydrogen) atoms. The molecule has 9 heteroatoms. The molecular formula is C27H36FN5O3. The lowest BCUT2D eigenvalue weighted by molar-refractivity contribution is -0.116. The van der Waals surface area contributed by atoms with E-state index in [1.165, 1.54) is 23.1 Å². The first-order valence-electron chi connectivity index (χ1n) is 12.3. The van der Waals surface area contributed by atoms with Crippen LogP contribution in [0.25, 0.3) is 0 Å². The minimum atomic E-state index is -0.489. The molecular weight excluding hydrogens is 461 g/mol. The number of rotatable bonds is 7. The number of nitrogens with one attached hydrogen (secondary N) is 2. The molecule has 2 aromatic rings. The molecule has 0 aliphatic carbocycles. The van der Waals surface area contributed by atoms with E-state index in [1.807, 2.05) is 56.9 Å².